The SMILES string of the molecule is O=c1[nH]nc(CCl)c2cc(Br)cc(I)c12. The van der Waals surface area contributed by atoms with Crippen molar-refractivity contribution in [3.05, 3.63) is 36.2 Å². The molecule has 1 heterocycles. The summed E-state index contributed by atoms with van der Waals surface area (Å²) >= 11 is 11.3. The van der Waals surface area contributed by atoms with Gasteiger partial charge in [0.05, 0.1) is 17.0 Å². The van der Waals surface area contributed by atoms with E-state index in [0.717, 1.165) is 13.4 Å². The fourth-order valence-electron chi connectivity index (χ4n) is 1.37. The number of hydrogen-bond donors (Lipinski definition) is 1. The molecule has 0 aliphatic heterocycles. The zero-order chi connectivity index (χ0) is 11.0. The molecule has 1 aromatic heterocycles. The molecule has 15 heavy (non-hydrogen) atoms. The number of aromatic nitrogens is 2. The number of benzene rings is 1. The molecule has 1 N–H and O–H groups in total. The van der Waals surface area contributed by atoms with Crippen molar-refractivity contribution in [3.8, 4) is 0 Å². The van der Waals surface area contributed by atoms with Crippen LogP contribution in [0.25, 0.3) is 10.8 Å². The predicted molar refractivity (Wildman–Crippen MR) is 72.3 cm³/mol. The highest BCUT2D eigenvalue weighted by Gasteiger charge is 2.09. The summed E-state index contributed by atoms with van der Waals surface area (Å²) in [6.45, 7) is 0. The summed E-state index contributed by atoms with van der Waals surface area (Å²) in [7, 11) is 0. The Balaban J connectivity index is 3.00. The van der Waals surface area contributed by atoms with E-state index in [9.17, 15) is 4.79 Å². The second-order valence-electron chi connectivity index (χ2n) is 2.94. The van der Waals surface area contributed by atoms with E-state index >= 15 is 0 Å². The standard InChI is InChI=1S/C9H5BrClIN2O/c10-4-1-5-7(3-11)13-14-9(15)8(5)6(12)2-4/h1-2H,3H2,(H,14,15). The Morgan fingerprint density at radius 2 is 2.27 bits per heavy atom. The largest absolute Gasteiger partial charge is 0.273 e. The van der Waals surface area contributed by atoms with E-state index in [-0.39, 0.29) is 11.4 Å². The van der Waals surface area contributed by atoms with Gasteiger partial charge in [-0.1, -0.05) is 15.9 Å². The molecule has 78 valence electrons. The molecule has 0 bridgehead atoms. The topological polar surface area (TPSA) is 45.8 Å². The monoisotopic (exact) mass is 398 g/mol. The van der Waals surface area contributed by atoms with Crippen LogP contribution in [0.15, 0.2) is 21.4 Å². The van der Waals surface area contributed by atoms with E-state index < -0.39 is 0 Å². The summed E-state index contributed by atoms with van der Waals surface area (Å²) in [5, 5.41) is 7.80. The number of aromatic amines is 1. The molecule has 0 aliphatic rings. The van der Waals surface area contributed by atoms with Crippen LogP contribution in [0.2, 0.25) is 0 Å². The van der Waals surface area contributed by atoms with Gasteiger partial charge in [-0.15, -0.1) is 11.6 Å². The molecular formula is C9H5BrClIN2O. The molecular weight excluding hydrogens is 394 g/mol. The first-order valence-electron chi connectivity index (χ1n) is 4.05. The molecule has 0 spiro atoms. The maximum absolute atomic E-state index is 11.6. The average Bonchev–Trinajstić information content (AvgIpc) is 2.17. The minimum atomic E-state index is -0.184. The third-order valence-electron chi connectivity index (χ3n) is 2.01. The molecule has 0 amide bonds. The Hall–Kier alpha value is -0.140. The number of halogens is 3. The van der Waals surface area contributed by atoms with Gasteiger partial charge in [-0.25, -0.2) is 5.10 Å². The first-order valence-corrected chi connectivity index (χ1v) is 6.46. The molecule has 0 saturated heterocycles. The number of hydrogen-bond acceptors (Lipinski definition) is 2. The van der Waals surface area contributed by atoms with Crippen LogP contribution in [-0.4, -0.2) is 10.2 Å². The van der Waals surface area contributed by atoms with Crippen LogP contribution in [-0.2, 0) is 5.88 Å². The minimum absolute atomic E-state index is 0.184. The van der Waals surface area contributed by atoms with Crippen LogP contribution in [0.5, 0.6) is 0 Å². The Labute approximate surface area is 112 Å². The average molecular weight is 399 g/mol. The number of fused-ring (bicyclic) bond motifs is 1. The van der Waals surface area contributed by atoms with Crippen molar-refractivity contribution >= 4 is 60.9 Å². The number of alkyl halides is 1. The Bertz CT molecular complexity index is 584. The van der Waals surface area contributed by atoms with Gasteiger partial charge in [0, 0.05) is 13.4 Å². The normalized spacial score (nSPS) is 10.9. The minimum Gasteiger partial charge on any atom is -0.267 e. The number of H-pyrrole nitrogens is 1. The molecule has 0 aliphatic carbocycles. The van der Waals surface area contributed by atoms with Crippen molar-refractivity contribution in [1.82, 2.24) is 10.2 Å². The van der Waals surface area contributed by atoms with Crippen LogP contribution in [0.1, 0.15) is 5.69 Å². The molecule has 0 saturated carbocycles. The van der Waals surface area contributed by atoms with Gasteiger partial charge in [0.15, 0.2) is 0 Å². The highest BCUT2D eigenvalue weighted by molar-refractivity contribution is 14.1. The van der Waals surface area contributed by atoms with Gasteiger partial charge in [-0.2, -0.15) is 5.10 Å². The van der Waals surface area contributed by atoms with Gasteiger partial charge in [-0.3, -0.25) is 4.79 Å². The van der Waals surface area contributed by atoms with Gasteiger partial charge in [-0.05, 0) is 34.7 Å². The van der Waals surface area contributed by atoms with E-state index in [2.05, 4.69) is 48.7 Å². The summed E-state index contributed by atoms with van der Waals surface area (Å²) < 4.78 is 1.80. The summed E-state index contributed by atoms with van der Waals surface area (Å²) in [4.78, 5) is 11.6. The second kappa shape index (κ2) is 4.39. The van der Waals surface area contributed by atoms with Crippen molar-refractivity contribution in [2.75, 3.05) is 0 Å². The fourth-order valence-corrected chi connectivity index (χ4v) is 3.33. The van der Waals surface area contributed by atoms with Crippen LogP contribution in [0.3, 0.4) is 0 Å². The van der Waals surface area contributed by atoms with E-state index in [0.29, 0.717) is 11.1 Å². The lowest BCUT2D eigenvalue weighted by Gasteiger charge is -2.04. The van der Waals surface area contributed by atoms with Gasteiger partial charge in [0.1, 0.15) is 0 Å². The predicted octanol–water partition coefficient (Wildman–Crippen LogP) is 3.03. The van der Waals surface area contributed by atoms with Crippen molar-refractivity contribution in [2.45, 2.75) is 5.88 Å². The summed E-state index contributed by atoms with van der Waals surface area (Å²) in [6.07, 6.45) is 0. The molecule has 2 rings (SSSR count). The maximum atomic E-state index is 11.6. The van der Waals surface area contributed by atoms with Crippen molar-refractivity contribution in [3.63, 3.8) is 0 Å². The van der Waals surface area contributed by atoms with Gasteiger partial charge < -0.3 is 0 Å². The van der Waals surface area contributed by atoms with Gasteiger partial charge in [0.25, 0.3) is 5.56 Å². The van der Waals surface area contributed by atoms with Crippen LogP contribution < -0.4 is 5.56 Å². The smallest absolute Gasteiger partial charge is 0.267 e. The van der Waals surface area contributed by atoms with Crippen LogP contribution in [0, 0.1) is 3.57 Å². The Morgan fingerprint density at radius 1 is 1.53 bits per heavy atom. The first kappa shape index (κ1) is 11.3. The molecule has 1 aromatic carbocycles. The molecule has 0 radical (unpaired) electrons. The Morgan fingerprint density at radius 3 is 2.93 bits per heavy atom. The Kier molecular flexibility index (Phi) is 3.32. The lowest BCUT2D eigenvalue weighted by Crippen LogP contribution is -2.11. The third kappa shape index (κ3) is 2.05. The summed E-state index contributed by atoms with van der Waals surface area (Å²) in [5.41, 5.74) is 0.501. The van der Waals surface area contributed by atoms with E-state index in [1.165, 1.54) is 0 Å². The molecule has 0 fully saturated rings. The molecule has 3 nitrogen and oxygen atoms in total. The zero-order valence-corrected chi connectivity index (χ0v) is 11.9. The maximum Gasteiger partial charge on any atom is 0.273 e. The summed E-state index contributed by atoms with van der Waals surface area (Å²) in [6, 6.07) is 3.74. The zero-order valence-electron chi connectivity index (χ0n) is 7.35. The highest BCUT2D eigenvalue weighted by atomic mass is 127. The van der Waals surface area contributed by atoms with E-state index in [1.807, 2.05) is 12.1 Å². The van der Waals surface area contributed by atoms with E-state index in [1.54, 1.807) is 0 Å². The van der Waals surface area contributed by atoms with Crippen molar-refractivity contribution in [2.24, 2.45) is 0 Å². The van der Waals surface area contributed by atoms with Crippen LogP contribution >= 0.6 is 50.1 Å². The number of nitrogens with zero attached hydrogens (tertiary/aromatic N) is 1. The second-order valence-corrected chi connectivity index (χ2v) is 5.29. The molecule has 6 heteroatoms. The van der Waals surface area contributed by atoms with Gasteiger partial charge >= 0.3 is 0 Å². The summed E-state index contributed by atoms with van der Waals surface area (Å²) in [5.74, 6) is 0.278. The molecule has 2 aromatic rings. The number of rotatable bonds is 1. The quantitative estimate of drug-likeness (QED) is 0.592. The van der Waals surface area contributed by atoms with Crippen molar-refractivity contribution in [1.29, 1.82) is 0 Å². The van der Waals surface area contributed by atoms with Gasteiger partial charge in [0.2, 0.25) is 0 Å². The van der Waals surface area contributed by atoms with Crippen LogP contribution in [0.4, 0.5) is 0 Å². The lowest BCUT2D eigenvalue weighted by atomic mass is 10.1. The van der Waals surface area contributed by atoms with E-state index in [4.69, 9.17) is 11.6 Å². The third-order valence-corrected chi connectivity index (χ3v) is 3.57. The molecule has 0 unspecified atom stereocenters. The fraction of sp³-hybridized carbons (Fsp3) is 0.111. The highest BCUT2D eigenvalue weighted by Crippen LogP contribution is 2.25. The van der Waals surface area contributed by atoms with Crippen molar-refractivity contribution < 1.29 is 0 Å². The molecule has 0 atom stereocenters. The first-order chi connectivity index (χ1) is 7.13. The number of nitrogens with one attached hydrogen (secondary N) is 1. The lowest BCUT2D eigenvalue weighted by molar-refractivity contribution is 0.960.